The number of hydrogen-bond donors (Lipinski definition) is 5. The van der Waals surface area contributed by atoms with E-state index in [4.69, 9.17) is 9.47 Å². The highest BCUT2D eigenvalue weighted by Gasteiger charge is 2.26. The van der Waals surface area contributed by atoms with Crippen LogP contribution in [-0.4, -0.2) is 68.6 Å². The minimum absolute atomic E-state index is 0.00865. The van der Waals surface area contributed by atoms with E-state index < -0.39 is 22.0 Å². The number of carboxylic acid groups (broad SMARTS) is 1. The number of carbonyl (C=O) groups is 3. The maximum absolute atomic E-state index is 13.1. The maximum atomic E-state index is 13.1. The molecule has 3 aromatic rings. The average molecular weight is 656 g/mol. The number of amides is 2. The number of pyridine rings is 1. The smallest absolute Gasteiger partial charge is 0.322 e. The molecule has 0 fully saturated rings. The first kappa shape index (κ1) is 35.8. The summed E-state index contributed by atoms with van der Waals surface area (Å²) in [6.07, 6.45) is 2.85. The molecule has 3 rings (SSSR count). The van der Waals surface area contributed by atoms with Gasteiger partial charge in [-0.05, 0) is 75.1 Å². The van der Waals surface area contributed by atoms with Gasteiger partial charge in [-0.3, -0.25) is 14.4 Å². The molecule has 0 aliphatic heterocycles. The summed E-state index contributed by atoms with van der Waals surface area (Å²) >= 11 is 0. The van der Waals surface area contributed by atoms with Crippen molar-refractivity contribution in [1.82, 2.24) is 15.0 Å². The number of carboxylic acids is 1. The van der Waals surface area contributed by atoms with Gasteiger partial charge in [-0.2, -0.15) is 4.72 Å². The predicted molar refractivity (Wildman–Crippen MR) is 173 cm³/mol. The van der Waals surface area contributed by atoms with E-state index in [1.165, 1.54) is 24.3 Å². The second kappa shape index (κ2) is 17.7. The van der Waals surface area contributed by atoms with E-state index in [1.807, 2.05) is 13.8 Å². The summed E-state index contributed by atoms with van der Waals surface area (Å²) < 4.78 is 39.4. The summed E-state index contributed by atoms with van der Waals surface area (Å²) in [5.41, 5.74) is 0.825. The number of methoxy groups -OCH3 is 1. The lowest BCUT2D eigenvalue weighted by atomic mass is 10.1. The fourth-order valence-corrected chi connectivity index (χ4v) is 5.51. The number of rotatable bonds is 19. The molecule has 1 atom stereocenters. The first-order valence-corrected chi connectivity index (χ1v) is 16.3. The first-order valence-electron chi connectivity index (χ1n) is 14.8. The van der Waals surface area contributed by atoms with Crippen LogP contribution in [0.25, 0.3) is 0 Å². The van der Waals surface area contributed by atoms with Crippen LogP contribution >= 0.6 is 0 Å². The maximum Gasteiger partial charge on any atom is 0.322 e. The van der Waals surface area contributed by atoms with E-state index in [0.29, 0.717) is 48.9 Å². The molecule has 248 valence electrons. The van der Waals surface area contributed by atoms with Crippen molar-refractivity contribution < 1.29 is 37.4 Å². The Morgan fingerprint density at radius 2 is 1.67 bits per heavy atom. The molecule has 14 heteroatoms. The molecule has 0 radical (unpaired) electrons. The lowest BCUT2D eigenvalue weighted by Crippen LogP contribution is -2.42. The van der Waals surface area contributed by atoms with Gasteiger partial charge in [0.25, 0.3) is 0 Å². The van der Waals surface area contributed by atoms with Crippen LogP contribution in [0.4, 0.5) is 11.5 Å². The van der Waals surface area contributed by atoms with Crippen LogP contribution in [0, 0.1) is 0 Å². The quantitative estimate of drug-likeness (QED) is 0.120. The number of carbonyl (C=O) groups excluding carboxylic acids is 2. The Labute approximate surface area is 269 Å². The highest BCUT2D eigenvalue weighted by atomic mass is 32.2. The number of benzene rings is 2. The Morgan fingerprint density at radius 3 is 2.37 bits per heavy atom. The van der Waals surface area contributed by atoms with Gasteiger partial charge < -0.3 is 30.5 Å². The Hall–Kier alpha value is -4.69. The number of nitrogens with zero attached hydrogens (tertiary/aromatic N) is 1. The number of hydrogen-bond acceptors (Lipinski definition) is 9. The molecule has 0 spiro atoms. The third kappa shape index (κ3) is 12.4. The molecule has 1 heterocycles. The van der Waals surface area contributed by atoms with Crippen molar-refractivity contribution in [3.05, 3.63) is 72.4 Å². The minimum atomic E-state index is -4.25. The molecule has 0 bridgehead atoms. The first-order chi connectivity index (χ1) is 21.9. The Kier molecular flexibility index (Phi) is 13.8. The van der Waals surface area contributed by atoms with Crippen molar-refractivity contribution in [2.75, 3.05) is 30.9 Å². The van der Waals surface area contributed by atoms with Crippen LogP contribution in [0.5, 0.6) is 11.5 Å². The van der Waals surface area contributed by atoms with Crippen LogP contribution in [0.2, 0.25) is 0 Å². The number of aliphatic carboxylic acids is 1. The molecule has 0 aliphatic carbocycles. The lowest BCUT2D eigenvalue weighted by molar-refractivity contribution is -0.139. The minimum Gasteiger partial charge on any atom is -0.497 e. The van der Waals surface area contributed by atoms with Crippen molar-refractivity contribution in [1.29, 1.82) is 0 Å². The summed E-state index contributed by atoms with van der Waals surface area (Å²) in [4.78, 5) is 40.1. The van der Waals surface area contributed by atoms with Gasteiger partial charge in [-0.15, -0.1) is 0 Å². The number of sulfonamides is 1. The van der Waals surface area contributed by atoms with Crippen molar-refractivity contribution in [2.45, 2.75) is 62.9 Å². The second-order valence-electron chi connectivity index (χ2n) is 10.7. The summed E-state index contributed by atoms with van der Waals surface area (Å²) in [6.45, 7) is 4.76. The number of nitrogens with one attached hydrogen (secondary N) is 4. The van der Waals surface area contributed by atoms with Gasteiger partial charge >= 0.3 is 5.97 Å². The normalized spacial score (nSPS) is 11.8. The third-order valence-electron chi connectivity index (χ3n) is 6.51. The largest absolute Gasteiger partial charge is 0.497 e. The highest BCUT2D eigenvalue weighted by Crippen LogP contribution is 2.19. The van der Waals surface area contributed by atoms with E-state index in [9.17, 15) is 27.9 Å². The molecule has 0 aliphatic rings. The van der Waals surface area contributed by atoms with Crippen LogP contribution in [0.15, 0.2) is 71.8 Å². The monoisotopic (exact) mass is 655 g/mol. The summed E-state index contributed by atoms with van der Waals surface area (Å²) in [5.74, 6) is 0.129. The zero-order valence-electron chi connectivity index (χ0n) is 26.1. The van der Waals surface area contributed by atoms with Crippen molar-refractivity contribution in [3.63, 3.8) is 0 Å². The van der Waals surface area contributed by atoms with Gasteiger partial charge in [0.1, 0.15) is 23.4 Å². The molecule has 0 unspecified atom stereocenters. The Balaban J connectivity index is 1.49. The van der Waals surface area contributed by atoms with Crippen LogP contribution in [0.3, 0.4) is 0 Å². The van der Waals surface area contributed by atoms with Crippen molar-refractivity contribution in [3.8, 4) is 11.5 Å². The van der Waals surface area contributed by atoms with E-state index in [-0.39, 0.29) is 47.7 Å². The molecule has 0 saturated heterocycles. The Bertz CT molecular complexity index is 1560. The molecule has 1 aromatic heterocycles. The van der Waals surface area contributed by atoms with Gasteiger partial charge in [0.05, 0.1) is 18.6 Å². The lowest BCUT2D eigenvalue weighted by Gasteiger charge is -2.16. The second-order valence-corrected chi connectivity index (χ2v) is 12.4. The highest BCUT2D eigenvalue weighted by molar-refractivity contribution is 7.89. The molecule has 2 aromatic carbocycles. The Morgan fingerprint density at radius 1 is 0.935 bits per heavy atom. The average Bonchev–Trinajstić information content (AvgIpc) is 3.01. The topological polar surface area (TPSA) is 185 Å². The standard InChI is InChI=1S/C32H41N5O8S/c1-22(2)35-30(38)9-5-10-31(39)36-24-7-4-8-27(20-24)46(42,43)37-28(32(40)41)19-23-11-13-25(14-12-23)45-18-6-16-33-29-21-26(44-3)15-17-34-29/h4,7-8,11-15,17,20-22,28,37H,5-6,9-10,16,18-19H2,1-3H3,(H,33,34)(H,35,38)(H,36,39)(H,40,41)/t28-/m0/s1. The van der Waals surface area contributed by atoms with E-state index in [1.54, 1.807) is 49.7 Å². The molecule has 46 heavy (non-hydrogen) atoms. The van der Waals surface area contributed by atoms with Crippen molar-refractivity contribution in [2.24, 2.45) is 0 Å². The summed E-state index contributed by atoms with van der Waals surface area (Å²) in [7, 11) is -2.66. The molecule has 5 N–H and O–H groups in total. The van der Waals surface area contributed by atoms with Gasteiger partial charge in [-0.25, -0.2) is 13.4 Å². The molecular formula is C32H41N5O8S. The molecular weight excluding hydrogens is 614 g/mol. The number of anilines is 2. The van der Waals surface area contributed by atoms with Crippen molar-refractivity contribution >= 4 is 39.3 Å². The third-order valence-corrected chi connectivity index (χ3v) is 7.98. The van der Waals surface area contributed by atoms with Crippen LogP contribution in [0.1, 0.15) is 45.1 Å². The molecule has 0 saturated carbocycles. The number of aromatic nitrogens is 1. The fraction of sp³-hybridized carbons (Fsp3) is 0.375. The van der Waals surface area contributed by atoms with E-state index in [0.717, 1.165) is 0 Å². The van der Waals surface area contributed by atoms with Crippen LogP contribution < -0.4 is 30.1 Å². The van der Waals surface area contributed by atoms with Gasteiger partial charge in [-0.1, -0.05) is 18.2 Å². The van der Waals surface area contributed by atoms with Gasteiger partial charge in [0, 0.05) is 43.4 Å². The van der Waals surface area contributed by atoms with Crippen LogP contribution in [-0.2, 0) is 30.8 Å². The molecule has 13 nitrogen and oxygen atoms in total. The zero-order chi connectivity index (χ0) is 33.5. The van der Waals surface area contributed by atoms with E-state index >= 15 is 0 Å². The molecule has 2 amide bonds. The SMILES string of the molecule is COc1ccnc(NCCCOc2ccc(C[C@H](NS(=O)(=O)c3cccc(NC(=O)CCCC(=O)NC(C)C)c3)C(=O)O)cc2)c1. The zero-order valence-corrected chi connectivity index (χ0v) is 26.9. The predicted octanol–water partition coefficient (Wildman–Crippen LogP) is 3.58. The van der Waals surface area contributed by atoms with Gasteiger partial charge in [0.15, 0.2) is 0 Å². The van der Waals surface area contributed by atoms with E-state index in [2.05, 4.69) is 25.7 Å². The summed E-state index contributed by atoms with van der Waals surface area (Å²) in [6, 6.07) is 14.4. The number of ether oxygens (including phenoxy) is 2. The summed E-state index contributed by atoms with van der Waals surface area (Å²) in [5, 5.41) is 18.3. The van der Waals surface area contributed by atoms with Gasteiger partial charge in [0.2, 0.25) is 21.8 Å². The fourth-order valence-electron chi connectivity index (χ4n) is 4.27.